The van der Waals surface area contributed by atoms with Gasteiger partial charge in [-0.3, -0.25) is 5.32 Å². The summed E-state index contributed by atoms with van der Waals surface area (Å²) in [5.41, 5.74) is -0.513. The number of hydrogen-bond acceptors (Lipinski definition) is 4. The first-order valence-electron chi connectivity index (χ1n) is 5.59. The Balaban J connectivity index is 3.67. The molecule has 0 aromatic heterocycles. The van der Waals surface area contributed by atoms with E-state index >= 15 is 0 Å². The number of ether oxygens (including phenoxy) is 1. The third-order valence-electron chi connectivity index (χ3n) is 1.60. The minimum absolute atomic E-state index is 0.141. The maximum absolute atomic E-state index is 11.2. The van der Waals surface area contributed by atoms with Gasteiger partial charge in [0, 0.05) is 0 Å². The summed E-state index contributed by atoms with van der Waals surface area (Å²) in [6.45, 7) is 10.3. The van der Waals surface area contributed by atoms with Crippen LogP contribution < -0.4 is 10.6 Å². The van der Waals surface area contributed by atoms with E-state index in [9.17, 15) is 9.90 Å². The van der Waals surface area contributed by atoms with Gasteiger partial charge in [0.1, 0.15) is 11.8 Å². The fourth-order valence-electron chi connectivity index (χ4n) is 0.938. The van der Waals surface area contributed by atoms with Gasteiger partial charge in [-0.05, 0) is 33.2 Å². The molecule has 0 aliphatic carbocycles. The number of aliphatic hydroxyl groups excluding tert-OH is 1. The molecule has 3 N–H and O–H groups in total. The van der Waals surface area contributed by atoms with Crippen LogP contribution in [0.5, 0.6) is 0 Å². The van der Waals surface area contributed by atoms with E-state index in [1.807, 2.05) is 13.8 Å². The van der Waals surface area contributed by atoms with Crippen LogP contribution in [0.15, 0.2) is 0 Å². The standard InChI is InChI=1S/C11H24N2O3/c1-8(2)6-12-9(14)7-13-10(15)16-11(3,4)5/h8-9,12,14H,6-7H2,1-5H3,(H,13,15). The summed E-state index contributed by atoms with van der Waals surface area (Å²) in [5, 5.41) is 14.8. The van der Waals surface area contributed by atoms with Crippen LogP contribution in [0.1, 0.15) is 34.6 Å². The van der Waals surface area contributed by atoms with Gasteiger partial charge in [0.15, 0.2) is 0 Å². The molecule has 16 heavy (non-hydrogen) atoms. The van der Waals surface area contributed by atoms with Crippen molar-refractivity contribution in [2.24, 2.45) is 5.92 Å². The van der Waals surface area contributed by atoms with Gasteiger partial charge in [-0.25, -0.2) is 4.79 Å². The summed E-state index contributed by atoms with van der Waals surface area (Å²) in [6, 6.07) is 0. The molecule has 5 heteroatoms. The lowest BCUT2D eigenvalue weighted by molar-refractivity contribution is 0.0473. The van der Waals surface area contributed by atoms with Gasteiger partial charge in [-0.15, -0.1) is 0 Å². The van der Waals surface area contributed by atoms with Crippen LogP contribution >= 0.6 is 0 Å². The first kappa shape index (κ1) is 15.2. The summed E-state index contributed by atoms with van der Waals surface area (Å²) >= 11 is 0. The van der Waals surface area contributed by atoms with Crippen molar-refractivity contribution in [2.45, 2.75) is 46.4 Å². The Morgan fingerprint density at radius 3 is 2.31 bits per heavy atom. The van der Waals surface area contributed by atoms with Crippen LogP contribution in [0.4, 0.5) is 4.79 Å². The molecule has 0 rings (SSSR count). The van der Waals surface area contributed by atoms with Crippen molar-refractivity contribution in [1.82, 2.24) is 10.6 Å². The molecule has 5 nitrogen and oxygen atoms in total. The van der Waals surface area contributed by atoms with Gasteiger partial charge in [0.25, 0.3) is 0 Å². The molecule has 0 radical (unpaired) electrons. The number of hydrogen-bond donors (Lipinski definition) is 3. The first-order valence-corrected chi connectivity index (χ1v) is 5.59. The van der Waals surface area contributed by atoms with Crippen molar-refractivity contribution < 1.29 is 14.6 Å². The Morgan fingerprint density at radius 2 is 1.88 bits per heavy atom. The second kappa shape index (κ2) is 6.70. The van der Waals surface area contributed by atoms with Crippen molar-refractivity contribution in [2.75, 3.05) is 13.1 Å². The molecule has 0 aromatic carbocycles. The molecule has 0 aromatic rings. The lowest BCUT2D eigenvalue weighted by Gasteiger charge is -2.21. The molecule has 0 aliphatic rings. The Kier molecular flexibility index (Phi) is 6.36. The van der Waals surface area contributed by atoms with Crippen LogP contribution in [0.2, 0.25) is 0 Å². The summed E-state index contributed by atoms with van der Waals surface area (Å²) < 4.78 is 5.02. The lowest BCUT2D eigenvalue weighted by Crippen LogP contribution is -2.43. The Labute approximate surface area is 97.6 Å². The zero-order valence-corrected chi connectivity index (χ0v) is 10.8. The monoisotopic (exact) mass is 232 g/mol. The van der Waals surface area contributed by atoms with E-state index in [0.29, 0.717) is 12.5 Å². The van der Waals surface area contributed by atoms with E-state index in [1.165, 1.54) is 0 Å². The molecular formula is C11H24N2O3. The Morgan fingerprint density at radius 1 is 1.31 bits per heavy atom. The van der Waals surface area contributed by atoms with Gasteiger partial charge in [0.05, 0.1) is 6.54 Å². The van der Waals surface area contributed by atoms with Gasteiger partial charge < -0.3 is 15.2 Å². The third kappa shape index (κ3) is 9.73. The highest BCUT2D eigenvalue weighted by Gasteiger charge is 2.16. The Bertz CT molecular complexity index is 212. The molecule has 0 saturated carbocycles. The van der Waals surface area contributed by atoms with E-state index in [2.05, 4.69) is 10.6 Å². The van der Waals surface area contributed by atoms with E-state index in [-0.39, 0.29) is 6.54 Å². The van der Waals surface area contributed by atoms with E-state index in [4.69, 9.17) is 4.74 Å². The maximum atomic E-state index is 11.2. The number of amides is 1. The summed E-state index contributed by atoms with van der Waals surface area (Å²) in [5.74, 6) is 0.455. The molecule has 0 aliphatic heterocycles. The maximum Gasteiger partial charge on any atom is 0.407 e. The quantitative estimate of drug-likeness (QED) is 0.620. The minimum Gasteiger partial charge on any atom is -0.444 e. The highest BCUT2D eigenvalue weighted by molar-refractivity contribution is 5.67. The highest BCUT2D eigenvalue weighted by atomic mass is 16.6. The summed E-state index contributed by atoms with van der Waals surface area (Å²) in [7, 11) is 0. The molecule has 1 unspecified atom stereocenters. The molecule has 0 bridgehead atoms. The average molecular weight is 232 g/mol. The van der Waals surface area contributed by atoms with Crippen LogP contribution in [-0.2, 0) is 4.74 Å². The second-order valence-corrected chi connectivity index (χ2v) is 5.20. The fraction of sp³-hybridized carbons (Fsp3) is 0.909. The SMILES string of the molecule is CC(C)CNC(O)CNC(=O)OC(C)(C)C. The van der Waals surface area contributed by atoms with Crippen LogP contribution in [0, 0.1) is 5.92 Å². The number of alkyl carbamates (subject to hydrolysis) is 1. The van der Waals surface area contributed by atoms with Crippen molar-refractivity contribution in [1.29, 1.82) is 0 Å². The van der Waals surface area contributed by atoms with Crippen molar-refractivity contribution >= 4 is 6.09 Å². The number of aliphatic hydroxyl groups is 1. The molecule has 0 spiro atoms. The van der Waals surface area contributed by atoms with E-state index < -0.39 is 17.9 Å². The normalized spacial score (nSPS) is 13.7. The average Bonchev–Trinajstić information content (AvgIpc) is 2.08. The fourth-order valence-corrected chi connectivity index (χ4v) is 0.938. The third-order valence-corrected chi connectivity index (χ3v) is 1.60. The van der Waals surface area contributed by atoms with Gasteiger partial charge >= 0.3 is 6.09 Å². The number of carbonyl (C=O) groups excluding carboxylic acids is 1. The topological polar surface area (TPSA) is 70.6 Å². The minimum atomic E-state index is -0.741. The van der Waals surface area contributed by atoms with Crippen LogP contribution in [0.3, 0.4) is 0 Å². The highest BCUT2D eigenvalue weighted by Crippen LogP contribution is 2.06. The van der Waals surface area contributed by atoms with Crippen molar-refractivity contribution in [3.8, 4) is 0 Å². The second-order valence-electron chi connectivity index (χ2n) is 5.20. The van der Waals surface area contributed by atoms with Gasteiger partial charge in [0.2, 0.25) is 0 Å². The largest absolute Gasteiger partial charge is 0.444 e. The molecule has 0 saturated heterocycles. The van der Waals surface area contributed by atoms with Gasteiger partial charge in [-0.1, -0.05) is 13.8 Å². The summed E-state index contributed by atoms with van der Waals surface area (Å²) in [4.78, 5) is 11.2. The first-order chi connectivity index (χ1) is 7.20. The zero-order chi connectivity index (χ0) is 12.8. The van der Waals surface area contributed by atoms with E-state index in [1.54, 1.807) is 20.8 Å². The zero-order valence-electron chi connectivity index (χ0n) is 10.8. The van der Waals surface area contributed by atoms with E-state index in [0.717, 1.165) is 0 Å². The molecular weight excluding hydrogens is 208 g/mol. The molecule has 0 heterocycles. The summed E-state index contributed by atoms with van der Waals surface area (Å²) in [6.07, 6.45) is -1.26. The predicted molar refractivity (Wildman–Crippen MR) is 63.1 cm³/mol. The lowest BCUT2D eigenvalue weighted by atomic mass is 10.2. The predicted octanol–water partition coefficient (Wildman–Crippen LogP) is 1.08. The molecule has 1 amide bonds. The molecule has 96 valence electrons. The smallest absolute Gasteiger partial charge is 0.407 e. The number of carbonyl (C=O) groups is 1. The number of nitrogens with one attached hydrogen (secondary N) is 2. The van der Waals surface area contributed by atoms with Crippen LogP contribution in [-0.4, -0.2) is 36.1 Å². The molecule has 1 atom stereocenters. The van der Waals surface area contributed by atoms with Crippen LogP contribution in [0.25, 0.3) is 0 Å². The van der Waals surface area contributed by atoms with Gasteiger partial charge in [-0.2, -0.15) is 0 Å². The number of rotatable bonds is 5. The van der Waals surface area contributed by atoms with Crippen molar-refractivity contribution in [3.63, 3.8) is 0 Å². The Hall–Kier alpha value is -0.810. The van der Waals surface area contributed by atoms with Crippen molar-refractivity contribution in [3.05, 3.63) is 0 Å². The molecule has 0 fully saturated rings.